The van der Waals surface area contributed by atoms with E-state index in [1.807, 2.05) is 0 Å². The predicted molar refractivity (Wildman–Crippen MR) is 108 cm³/mol. The van der Waals surface area contributed by atoms with Crippen molar-refractivity contribution in [2.45, 2.75) is 38.7 Å². The second kappa shape index (κ2) is 9.88. The van der Waals surface area contributed by atoms with Crippen molar-refractivity contribution in [2.24, 2.45) is 5.92 Å². The van der Waals surface area contributed by atoms with Crippen LogP contribution in [-0.4, -0.2) is 35.1 Å². The second-order valence-electron chi connectivity index (χ2n) is 7.25. The highest BCUT2D eigenvalue weighted by Crippen LogP contribution is 2.27. The van der Waals surface area contributed by atoms with E-state index in [4.69, 9.17) is 19.3 Å². The zero-order chi connectivity index (χ0) is 22.4. The number of hydrogen-bond donors (Lipinski definition) is 1. The third kappa shape index (κ3) is 6.15. The number of esters is 3. The summed E-state index contributed by atoms with van der Waals surface area (Å²) < 4.78 is 15.6. The third-order valence-corrected chi connectivity index (χ3v) is 4.95. The minimum Gasteiger partial charge on any atom is -0.481 e. The van der Waals surface area contributed by atoms with E-state index in [1.165, 1.54) is 55.5 Å². The van der Waals surface area contributed by atoms with Gasteiger partial charge in [0.1, 0.15) is 17.6 Å². The molecule has 1 aliphatic carbocycles. The lowest BCUT2D eigenvalue weighted by Crippen LogP contribution is -2.27. The molecule has 8 nitrogen and oxygen atoms in total. The lowest BCUT2D eigenvalue weighted by molar-refractivity contribution is -0.143. The molecule has 1 aliphatic rings. The molecule has 0 saturated heterocycles. The highest BCUT2D eigenvalue weighted by Gasteiger charge is 2.28. The topological polar surface area (TPSA) is 116 Å². The molecule has 2 aromatic carbocycles. The summed E-state index contributed by atoms with van der Waals surface area (Å²) in [6.45, 7) is 1.29. The Morgan fingerprint density at radius 3 is 1.71 bits per heavy atom. The van der Waals surface area contributed by atoms with Gasteiger partial charge in [-0.2, -0.15) is 0 Å². The normalized spacial score (nSPS) is 18.0. The molecule has 8 heteroatoms. The molecule has 1 N–H and O–H groups in total. The average molecular weight is 426 g/mol. The van der Waals surface area contributed by atoms with Crippen molar-refractivity contribution < 1.29 is 38.5 Å². The predicted octanol–water partition coefficient (Wildman–Crippen LogP) is 3.63. The molecule has 162 valence electrons. The summed E-state index contributed by atoms with van der Waals surface area (Å²) in [4.78, 5) is 46.5. The fourth-order valence-electron chi connectivity index (χ4n) is 3.30. The smallest absolute Gasteiger partial charge is 0.343 e. The Labute approximate surface area is 178 Å². The molecular weight excluding hydrogens is 404 g/mol. The van der Waals surface area contributed by atoms with Crippen LogP contribution in [0.1, 0.15) is 53.3 Å². The molecule has 0 atom stereocenters. The standard InChI is InChI=1S/C23H22O8/c1-14(24)29-18-10-12-20(13-11-18)31-23(28)17-4-2-16(3-5-17)22(27)30-19-8-6-15(7-9-19)21(25)26/h2-5,10-13,15,19H,6-9H2,1H3,(H,25,26). The number of hydrogen-bond acceptors (Lipinski definition) is 7. The minimum atomic E-state index is -0.812. The first-order valence-corrected chi connectivity index (χ1v) is 9.86. The maximum atomic E-state index is 12.3. The van der Waals surface area contributed by atoms with Gasteiger partial charge in [-0.1, -0.05) is 0 Å². The van der Waals surface area contributed by atoms with Crippen LogP contribution in [0.25, 0.3) is 0 Å². The van der Waals surface area contributed by atoms with Crippen LogP contribution in [0.3, 0.4) is 0 Å². The number of aliphatic carboxylic acids is 1. The van der Waals surface area contributed by atoms with Gasteiger partial charge < -0.3 is 19.3 Å². The molecule has 1 saturated carbocycles. The van der Waals surface area contributed by atoms with Crippen LogP contribution in [0.5, 0.6) is 11.5 Å². The Kier molecular flexibility index (Phi) is 7.02. The molecule has 1 fully saturated rings. The Morgan fingerprint density at radius 2 is 1.23 bits per heavy atom. The molecule has 0 heterocycles. The molecule has 2 aromatic rings. The van der Waals surface area contributed by atoms with E-state index in [9.17, 15) is 19.2 Å². The van der Waals surface area contributed by atoms with Crippen LogP contribution in [0.4, 0.5) is 0 Å². The lowest BCUT2D eigenvalue weighted by atomic mass is 9.87. The van der Waals surface area contributed by atoms with Gasteiger partial charge in [0.2, 0.25) is 0 Å². The van der Waals surface area contributed by atoms with Gasteiger partial charge in [-0.25, -0.2) is 9.59 Å². The quantitative estimate of drug-likeness (QED) is 0.550. The minimum absolute atomic E-state index is 0.252. The van der Waals surface area contributed by atoms with Crippen molar-refractivity contribution in [2.75, 3.05) is 0 Å². The molecule has 0 aromatic heterocycles. The summed E-state index contributed by atoms with van der Waals surface area (Å²) in [7, 11) is 0. The van der Waals surface area contributed by atoms with Crippen molar-refractivity contribution in [3.63, 3.8) is 0 Å². The average Bonchev–Trinajstić information content (AvgIpc) is 2.75. The Hall–Kier alpha value is -3.68. The molecule has 0 bridgehead atoms. The number of ether oxygens (including phenoxy) is 3. The summed E-state index contributed by atoms with van der Waals surface area (Å²) >= 11 is 0. The zero-order valence-corrected chi connectivity index (χ0v) is 16.9. The molecule has 31 heavy (non-hydrogen) atoms. The van der Waals surface area contributed by atoms with Crippen molar-refractivity contribution >= 4 is 23.9 Å². The van der Waals surface area contributed by atoms with Crippen molar-refractivity contribution in [3.8, 4) is 11.5 Å². The van der Waals surface area contributed by atoms with Crippen molar-refractivity contribution in [3.05, 3.63) is 59.7 Å². The Balaban J connectivity index is 1.53. The van der Waals surface area contributed by atoms with Crippen LogP contribution in [0, 0.1) is 5.92 Å². The molecule has 0 aliphatic heterocycles. The molecular formula is C23H22O8. The highest BCUT2D eigenvalue weighted by atomic mass is 16.5. The number of carboxylic acids is 1. The maximum Gasteiger partial charge on any atom is 0.343 e. The molecule has 0 spiro atoms. The number of carbonyl (C=O) groups excluding carboxylic acids is 3. The first-order valence-electron chi connectivity index (χ1n) is 9.86. The first-order chi connectivity index (χ1) is 14.8. The lowest BCUT2D eigenvalue weighted by Gasteiger charge is -2.25. The van der Waals surface area contributed by atoms with Crippen molar-refractivity contribution in [1.82, 2.24) is 0 Å². The van der Waals surface area contributed by atoms with Crippen LogP contribution in [-0.2, 0) is 14.3 Å². The maximum absolute atomic E-state index is 12.3. The van der Waals surface area contributed by atoms with E-state index in [0.717, 1.165) is 0 Å². The summed E-state index contributed by atoms with van der Waals surface area (Å²) in [5.41, 5.74) is 0.547. The Morgan fingerprint density at radius 1 is 0.742 bits per heavy atom. The number of rotatable bonds is 6. The van der Waals surface area contributed by atoms with Crippen molar-refractivity contribution in [1.29, 1.82) is 0 Å². The number of carbonyl (C=O) groups is 4. The molecule has 0 radical (unpaired) electrons. The van der Waals surface area contributed by atoms with Gasteiger partial charge in [0.25, 0.3) is 0 Å². The van der Waals surface area contributed by atoms with Gasteiger partial charge in [0, 0.05) is 6.92 Å². The SMILES string of the molecule is CC(=O)Oc1ccc(OC(=O)c2ccc(C(=O)OC3CCC(C(=O)O)CC3)cc2)cc1. The van der Waals surface area contributed by atoms with Gasteiger partial charge in [-0.15, -0.1) is 0 Å². The van der Waals surface area contributed by atoms with E-state index in [0.29, 0.717) is 37.0 Å². The Bertz CT molecular complexity index is 954. The summed E-state index contributed by atoms with van der Waals surface area (Å²) in [6, 6.07) is 11.9. The summed E-state index contributed by atoms with van der Waals surface area (Å²) in [6.07, 6.45) is 1.70. The first kappa shape index (κ1) is 22.0. The van der Waals surface area contributed by atoms with E-state index in [1.54, 1.807) is 0 Å². The van der Waals surface area contributed by atoms with Gasteiger partial charge in [-0.3, -0.25) is 9.59 Å². The zero-order valence-electron chi connectivity index (χ0n) is 16.9. The molecule has 0 unspecified atom stereocenters. The highest BCUT2D eigenvalue weighted by molar-refractivity contribution is 5.94. The fourth-order valence-corrected chi connectivity index (χ4v) is 3.30. The largest absolute Gasteiger partial charge is 0.481 e. The van der Waals surface area contributed by atoms with E-state index >= 15 is 0 Å². The van der Waals surface area contributed by atoms with Gasteiger partial charge in [-0.05, 0) is 74.2 Å². The van der Waals surface area contributed by atoms with E-state index in [-0.39, 0.29) is 23.3 Å². The monoisotopic (exact) mass is 426 g/mol. The third-order valence-electron chi connectivity index (χ3n) is 4.95. The fraction of sp³-hybridized carbons (Fsp3) is 0.304. The van der Waals surface area contributed by atoms with Crippen LogP contribution >= 0.6 is 0 Å². The van der Waals surface area contributed by atoms with E-state index < -0.39 is 23.9 Å². The summed E-state index contributed by atoms with van der Waals surface area (Å²) in [5.74, 6) is -2.14. The number of carboxylic acid groups (broad SMARTS) is 1. The number of benzene rings is 2. The molecule has 0 amide bonds. The van der Waals surface area contributed by atoms with Crippen LogP contribution in [0.15, 0.2) is 48.5 Å². The van der Waals surface area contributed by atoms with E-state index in [2.05, 4.69) is 0 Å². The van der Waals surface area contributed by atoms with Gasteiger partial charge in [0.05, 0.1) is 17.0 Å². The van der Waals surface area contributed by atoms with Gasteiger partial charge in [0.15, 0.2) is 0 Å². The van der Waals surface area contributed by atoms with Gasteiger partial charge >= 0.3 is 23.9 Å². The van der Waals surface area contributed by atoms with Crippen LogP contribution < -0.4 is 9.47 Å². The summed E-state index contributed by atoms with van der Waals surface area (Å²) in [5, 5.41) is 9.03. The van der Waals surface area contributed by atoms with Crippen LogP contribution in [0.2, 0.25) is 0 Å². The second-order valence-corrected chi connectivity index (χ2v) is 7.25. The molecule has 3 rings (SSSR count).